The molecule has 4 saturated carbocycles. The molecule has 0 aromatic heterocycles. The standard InChI is InChI=1S/C33H45NO7/c1-20(2)30(3,36)24-17-31-10-11-33(24,38-5)29-32(31)12-13-34(18-21-6-7-21)25(31)16-22-8-9-23(28(41-29)27(22)32)40-26(35)19-39-15-14-37-4/h8-9,21,24-25,29,36H,1,6-7,10-19H2,2-5H3/t24-,25-,29-,30-,31-,32+,33+/m1/s1. The summed E-state index contributed by atoms with van der Waals surface area (Å²) in [6, 6.07) is 4.43. The quantitative estimate of drug-likeness (QED) is 0.187. The van der Waals surface area contributed by atoms with Gasteiger partial charge >= 0.3 is 5.97 Å². The molecule has 1 aromatic rings. The molecule has 2 spiro atoms. The molecule has 7 aliphatic rings. The van der Waals surface area contributed by atoms with Gasteiger partial charge in [-0.1, -0.05) is 12.6 Å². The summed E-state index contributed by atoms with van der Waals surface area (Å²) in [4.78, 5) is 15.6. The third kappa shape index (κ3) is 3.67. The first-order chi connectivity index (χ1) is 19.6. The van der Waals surface area contributed by atoms with E-state index in [1.807, 2.05) is 19.9 Å². The van der Waals surface area contributed by atoms with Gasteiger partial charge in [-0.2, -0.15) is 0 Å². The molecule has 2 heterocycles. The van der Waals surface area contributed by atoms with Crippen LogP contribution in [0.2, 0.25) is 0 Å². The summed E-state index contributed by atoms with van der Waals surface area (Å²) >= 11 is 0. The first-order valence-electron chi connectivity index (χ1n) is 15.4. The van der Waals surface area contributed by atoms with Crippen molar-refractivity contribution in [3.05, 3.63) is 35.4 Å². The number of esters is 1. The zero-order valence-electron chi connectivity index (χ0n) is 25.0. The van der Waals surface area contributed by atoms with Crippen LogP contribution in [0.5, 0.6) is 11.5 Å². The summed E-state index contributed by atoms with van der Waals surface area (Å²) in [5.41, 5.74) is 1.17. The lowest BCUT2D eigenvalue weighted by Crippen LogP contribution is -2.82. The van der Waals surface area contributed by atoms with E-state index in [9.17, 15) is 9.90 Å². The van der Waals surface area contributed by atoms with Crippen molar-refractivity contribution >= 4 is 5.97 Å². The Hall–Kier alpha value is -1.97. The minimum absolute atomic E-state index is 0.0701. The number of nitrogens with zero attached hydrogens (tertiary/aromatic N) is 1. The van der Waals surface area contributed by atoms with E-state index in [0.717, 1.165) is 56.7 Å². The highest BCUT2D eigenvalue weighted by molar-refractivity contribution is 5.76. The van der Waals surface area contributed by atoms with Gasteiger partial charge in [0.1, 0.15) is 18.3 Å². The molecule has 0 radical (unpaired) electrons. The van der Waals surface area contributed by atoms with E-state index >= 15 is 0 Å². The number of likely N-dealkylation sites (tertiary alicyclic amines) is 1. The minimum atomic E-state index is -1.10. The molecule has 2 aliphatic heterocycles. The predicted molar refractivity (Wildman–Crippen MR) is 152 cm³/mol. The number of hydrogen-bond acceptors (Lipinski definition) is 8. The van der Waals surface area contributed by atoms with Crippen LogP contribution in [0.15, 0.2) is 24.3 Å². The third-order valence-electron chi connectivity index (χ3n) is 12.1. The molecule has 0 amide bonds. The Balaban J connectivity index is 1.34. The van der Waals surface area contributed by atoms with Gasteiger partial charge in [0.2, 0.25) is 0 Å². The number of carbonyl (C=O) groups is 1. The van der Waals surface area contributed by atoms with Crippen molar-refractivity contribution in [2.45, 2.75) is 87.6 Å². The first kappa shape index (κ1) is 27.8. The van der Waals surface area contributed by atoms with Crippen molar-refractivity contribution in [1.82, 2.24) is 4.90 Å². The SMILES string of the molecule is C=C(C)[C@@](C)(O)[C@H]1C[C@@]23CC[C@@]1(OC)[C@@H]1Oc4c(OC(=O)COCCOC)ccc5c4[C@@]12CCN(CC1CC1)[C@@H]3C5. The molecule has 1 N–H and O–H groups in total. The molecule has 8 heteroatoms. The van der Waals surface area contributed by atoms with Crippen molar-refractivity contribution in [2.75, 3.05) is 47.1 Å². The van der Waals surface area contributed by atoms with Crippen LogP contribution in [0.1, 0.15) is 63.5 Å². The molecule has 4 bridgehead atoms. The molecule has 41 heavy (non-hydrogen) atoms. The van der Waals surface area contributed by atoms with Crippen LogP contribution < -0.4 is 9.47 Å². The lowest BCUT2D eigenvalue weighted by molar-refractivity contribution is -0.298. The molecular formula is C33H45NO7. The zero-order valence-corrected chi connectivity index (χ0v) is 25.0. The van der Waals surface area contributed by atoms with Crippen molar-refractivity contribution < 1.29 is 33.6 Å². The number of hydrogen-bond donors (Lipinski definition) is 1. The van der Waals surface area contributed by atoms with Crippen molar-refractivity contribution in [3.63, 3.8) is 0 Å². The Morgan fingerprint density at radius 1 is 1.22 bits per heavy atom. The Morgan fingerprint density at radius 2 is 2.02 bits per heavy atom. The van der Waals surface area contributed by atoms with Gasteiger partial charge in [0.05, 0.1) is 18.8 Å². The van der Waals surface area contributed by atoms with E-state index in [0.29, 0.717) is 30.8 Å². The van der Waals surface area contributed by atoms with E-state index < -0.39 is 17.2 Å². The molecule has 8 nitrogen and oxygen atoms in total. The van der Waals surface area contributed by atoms with Crippen LogP contribution in [0.3, 0.4) is 0 Å². The van der Waals surface area contributed by atoms with Gasteiger partial charge in [0, 0.05) is 49.1 Å². The number of aliphatic hydroxyl groups is 1. The summed E-state index contributed by atoms with van der Waals surface area (Å²) in [5.74, 6) is 1.33. The molecule has 8 rings (SSSR count). The molecular weight excluding hydrogens is 522 g/mol. The maximum Gasteiger partial charge on any atom is 0.337 e. The number of ether oxygens (including phenoxy) is 5. The smallest absolute Gasteiger partial charge is 0.337 e. The van der Waals surface area contributed by atoms with E-state index in [2.05, 4.69) is 17.5 Å². The van der Waals surface area contributed by atoms with Crippen LogP contribution in [0.25, 0.3) is 0 Å². The van der Waals surface area contributed by atoms with E-state index in [1.165, 1.54) is 24.0 Å². The second-order valence-electron chi connectivity index (χ2n) is 13.8. The van der Waals surface area contributed by atoms with Crippen LogP contribution in [-0.4, -0.2) is 86.5 Å². The highest BCUT2D eigenvalue weighted by Crippen LogP contribution is 2.77. The fourth-order valence-corrected chi connectivity index (χ4v) is 9.87. The molecule has 1 saturated heterocycles. The Morgan fingerprint density at radius 3 is 2.73 bits per heavy atom. The third-order valence-corrected chi connectivity index (χ3v) is 12.1. The second kappa shape index (κ2) is 9.52. The van der Waals surface area contributed by atoms with Crippen LogP contribution in [-0.2, 0) is 30.8 Å². The lowest BCUT2D eigenvalue weighted by atomic mass is 9.33. The number of methoxy groups -OCH3 is 2. The minimum Gasteiger partial charge on any atom is -0.482 e. The maximum absolute atomic E-state index is 12.8. The van der Waals surface area contributed by atoms with Gasteiger partial charge in [-0.05, 0) is 88.5 Å². The number of carbonyl (C=O) groups excluding carboxylic acids is 1. The highest BCUT2D eigenvalue weighted by Gasteiger charge is 2.82. The summed E-state index contributed by atoms with van der Waals surface area (Å²) < 4.78 is 30.0. The average Bonchev–Trinajstić information content (AvgIpc) is 3.70. The monoisotopic (exact) mass is 567 g/mol. The normalized spacial score (nSPS) is 37.7. The molecule has 5 fully saturated rings. The summed E-state index contributed by atoms with van der Waals surface area (Å²) in [6.45, 7) is 10.8. The summed E-state index contributed by atoms with van der Waals surface area (Å²) in [5, 5.41) is 12.0. The van der Waals surface area contributed by atoms with Gasteiger partial charge in [-0.3, -0.25) is 4.90 Å². The Kier molecular flexibility index (Phi) is 6.46. The predicted octanol–water partition coefficient (Wildman–Crippen LogP) is 3.81. The fraction of sp³-hybridized carbons (Fsp3) is 0.727. The van der Waals surface area contributed by atoms with Crippen molar-refractivity contribution in [1.29, 1.82) is 0 Å². The fourth-order valence-electron chi connectivity index (χ4n) is 9.87. The van der Waals surface area contributed by atoms with Gasteiger partial charge in [0.15, 0.2) is 11.5 Å². The maximum atomic E-state index is 12.8. The van der Waals surface area contributed by atoms with Gasteiger partial charge < -0.3 is 28.8 Å². The van der Waals surface area contributed by atoms with Crippen LogP contribution in [0.4, 0.5) is 0 Å². The lowest BCUT2D eigenvalue weighted by Gasteiger charge is -2.75. The Labute approximate surface area is 243 Å². The van der Waals surface area contributed by atoms with Crippen LogP contribution in [0, 0.1) is 17.3 Å². The second-order valence-corrected chi connectivity index (χ2v) is 13.8. The summed E-state index contributed by atoms with van der Waals surface area (Å²) in [6.07, 6.45) is 7.03. The van der Waals surface area contributed by atoms with E-state index in [1.54, 1.807) is 14.2 Å². The van der Waals surface area contributed by atoms with E-state index in [-0.39, 0.29) is 29.5 Å². The average molecular weight is 568 g/mol. The topological polar surface area (TPSA) is 86.7 Å². The van der Waals surface area contributed by atoms with E-state index in [4.69, 9.17) is 23.7 Å². The summed E-state index contributed by atoms with van der Waals surface area (Å²) in [7, 11) is 3.38. The van der Waals surface area contributed by atoms with Gasteiger partial charge in [-0.25, -0.2) is 4.79 Å². The largest absolute Gasteiger partial charge is 0.482 e. The Bertz CT molecular complexity index is 1260. The van der Waals surface area contributed by atoms with Crippen molar-refractivity contribution in [2.24, 2.45) is 17.3 Å². The number of benzene rings is 1. The number of fused-ring (bicyclic) bond motifs is 2. The van der Waals surface area contributed by atoms with Crippen molar-refractivity contribution in [3.8, 4) is 11.5 Å². The molecule has 5 aliphatic carbocycles. The number of rotatable bonds is 11. The van der Waals surface area contributed by atoms with Crippen LogP contribution >= 0.6 is 0 Å². The number of piperidine rings is 1. The molecule has 7 atom stereocenters. The molecule has 224 valence electrons. The zero-order chi connectivity index (χ0) is 28.8. The van der Waals surface area contributed by atoms with Gasteiger partial charge in [0.25, 0.3) is 0 Å². The van der Waals surface area contributed by atoms with Gasteiger partial charge in [-0.15, -0.1) is 0 Å². The first-order valence-corrected chi connectivity index (χ1v) is 15.4. The molecule has 1 aromatic carbocycles. The molecule has 0 unspecified atom stereocenters. The highest BCUT2D eigenvalue weighted by atomic mass is 16.6.